The lowest BCUT2D eigenvalue weighted by Gasteiger charge is -2.30. The van der Waals surface area contributed by atoms with Gasteiger partial charge < -0.3 is 14.8 Å². The zero-order valence-electron chi connectivity index (χ0n) is 22.1. The van der Waals surface area contributed by atoms with Crippen LogP contribution >= 0.6 is 23.2 Å². The lowest BCUT2D eigenvalue weighted by atomic mass is 9.97. The minimum Gasteiger partial charge on any atom is -0.495 e. The lowest BCUT2D eigenvalue weighted by molar-refractivity contribution is -0.147. The highest BCUT2D eigenvalue weighted by Gasteiger charge is 2.25. The molecule has 3 heterocycles. The SMILES string of the molecule is COC(=O)C1CCN(Cc2ccc(-c3ccc4c(Nc5cc(OC)c(Cl)cc5Cl)c(C#N)cnc4c3)nc2)CC1. The molecular formula is C30H27Cl2N5O3. The Kier molecular flexibility index (Phi) is 8.36. The van der Waals surface area contributed by atoms with E-state index in [0.29, 0.717) is 38.2 Å². The van der Waals surface area contributed by atoms with Crippen LogP contribution in [0.1, 0.15) is 24.0 Å². The Labute approximate surface area is 242 Å². The number of halogens is 2. The maximum absolute atomic E-state index is 11.8. The van der Waals surface area contributed by atoms with E-state index in [9.17, 15) is 10.1 Å². The average Bonchev–Trinajstić information content (AvgIpc) is 2.98. The van der Waals surface area contributed by atoms with Crippen molar-refractivity contribution in [2.24, 2.45) is 5.92 Å². The van der Waals surface area contributed by atoms with Crippen LogP contribution < -0.4 is 10.1 Å². The number of carbonyl (C=O) groups excluding carboxylic acids is 1. The van der Waals surface area contributed by atoms with Crippen molar-refractivity contribution >= 4 is 51.4 Å². The van der Waals surface area contributed by atoms with Crippen molar-refractivity contribution in [1.82, 2.24) is 14.9 Å². The van der Waals surface area contributed by atoms with Gasteiger partial charge in [0.05, 0.1) is 58.3 Å². The van der Waals surface area contributed by atoms with Crippen molar-refractivity contribution in [2.45, 2.75) is 19.4 Å². The standard InChI is InChI=1S/C30H27Cl2N5O3/c1-39-28-13-27(23(31)12-24(28)32)36-29-21(14-33)16-35-26-11-20(4-5-22(26)29)25-6-3-18(15-34-25)17-37-9-7-19(8-10-37)30(38)40-2/h3-6,11-13,15-16,19H,7-10,17H2,1-2H3,(H,35,36). The Bertz CT molecular complexity index is 1600. The Morgan fingerprint density at radius 2 is 1.88 bits per heavy atom. The molecule has 8 nitrogen and oxygen atoms in total. The van der Waals surface area contributed by atoms with E-state index in [0.717, 1.165) is 54.7 Å². The van der Waals surface area contributed by atoms with Gasteiger partial charge in [-0.25, -0.2) is 0 Å². The monoisotopic (exact) mass is 575 g/mol. The Hall–Kier alpha value is -3.90. The van der Waals surface area contributed by atoms with Crippen molar-refractivity contribution in [3.63, 3.8) is 0 Å². The number of anilines is 2. The normalized spacial score (nSPS) is 14.1. The van der Waals surface area contributed by atoms with Crippen LogP contribution in [0.2, 0.25) is 10.0 Å². The Balaban J connectivity index is 1.36. The first-order valence-electron chi connectivity index (χ1n) is 12.8. The zero-order valence-corrected chi connectivity index (χ0v) is 23.6. The summed E-state index contributed by atoms with van der Waals surface area (Å²) in [6.07, 6.45) is 5.05. The molecule has 0 unspecified atom stereocenters. The summed E-state index contributed by atoms with van der Waals surface area (Å²) in [4.78, 5) is 23.3. The number of benzene rings is 2. The number of nitriles is 1. The maximum atomic E-state index is 11.8. The number of pyridine rings is 2. The molecule has 40 heavy (non-hydrogen) atoms. The number of esters is 1. The first kappa shape index (κ1) is 27.7. The molecule has 1 aliphatic rings. The highest BCUT2D eigenvalue weighted by molar-refractivity contribution is 6.37. The number of likely N-dealkylation sites (tertiary alicyclic amines) is 1. The van der Waals surface area contributed by atoms with Gasteiger partial charge in [0.2, 0.25) is 0 Å². The van der Waals surface area contributed by atoms with E-state index in [-0.39, 0.29) is 11.9 Å². The summed E-state index contributed by atoms with van der Waals surface area (Å²) in [5.74, 6) is 0.346. The largest absolute Gasteiger partial charge is 0.495 e. The highest BCUT2D eigenvalue weighted by Crippen LogP contribution is 2.38. The molecule has 10 heteroatoms. The van der Waals surface area contributed by atoms with Crippen molar-refractivity contribution in [2.75, 3.05) is 32.6 Å². The molecule has 1 fully saturated rings. The topological polar surface area (TPSA) is 100 Å². The van der Waals surface area contributed by atoms with Crippen molar-refractivity contribution in [1.29, 1.82) is 5.26 Å². The molecule has 2 aromatic heterocycles. The highest BCUT2D eigenvalue weighted by atomic mass is 35.5. The van der Waals surface area contributed by atoms with Crippen LogP contribution in [0, 0.1) is 17.2 Å². The van der Waals surface area contributed by atoms with E-state index in [1.165, 1.54) is 20.4 Å². The molecule has 0 bridgehead atoms. The summed E-state index contributed by atoms with van der Waals surface area (Å²) in [6, 6.07) is 15.4. The summed E-state index contributed by atoms with van der Waals surface area (Å²) < 4.78 is 10.2. The fourth-order valence-electron chi connectivity index (χ4n) is 4.93. The van der Waals surface area contributed by atoms with Gasteiger partial charge >= 0.3 is 5.97 Å². The number of ether oxygens (including phenoxy) is 2. The minimum absolute atomic E-state index is 0.00535. The number of hydrogen-bond acceptors (Lipinski definition) is 8. The third kappa shape index (κ3) is 5.82. The second-order valence-electron chi connectivity index (χ2n) is 9.61. The summed E-state index contributed by atoms with van der Waals surface area (Å²) in [7, 11) is 2.97. The summed E-state index contributed by atoms with van der Waals surface area (Å²) in [6.45, 7) is 2.49. The van der Waals surface area contributed by atoms with E-state index >= 15 is 0 Å². The summed E-state index contributed by atoms with van der Waals surface area (Å²) in [5, 5.41) is 14.6. The third-order valence-electron chi connectivity index (χ3n) is 7.14. The Morgan fingerprint density at radius 3 is 2.55 bits per heavy atom. The molecule has 0 atom stereocenters. The molecule has 0 spiro atoms. The number of nitrogens with zero attached hydrogens (tertiary/aromatic N) is 4. The van der Waals surface area contributed by atoms with Crippen LogP contribution in [-0.4, -0.2) is 48.1 Å². The predicted octanol–water partition coefficient (Wildman–Crippen LogP) is 6.61. The number of fused-ring (bicyclic) bond motifs is 1. The molecule has 204 valence electrons. The van der Waals surface area contributed by atoms with Crippen LogP contribution in [0.4, 0.5) is 11.4 Å². The van der Waals surface area contributed by atoms with Crippen LogP contribution in [0.3, 0.4) is 0 Å². The summed E-state index contributed by atoms with van der Waals surface area (Å²) >= 11 is 12.6. The second kappa shape index (κ2) is 12.1. The second-order valence-corrected chi connectivity index (χ2v) is 10.4. The number of aromatic nitrogens is 2. The molecule has 0 aliphatic carbocycles. The van der Waals surface area contributed by atoms with Crippen LogP contribution in [0.15, 0.2) is 54.9 Å². The molecule has 1 N–H and O–H groups in total. The van der Waals surface area contributed by atoms with Gasteiger partial charge in [0.25, 0.3) is 0 Å². The molecule has 4 aromatic rings. The lowest BCUT2D eigenvalue weighted by Crippen LogP contribution is -2.36. The van der Waals surface area contributed by atoms with E-state index < -0.39 is 0 Å². The molecular weight excluding hydrogens is 549 g/mol. The maximum Gasteiger partial charge on any atom is 0.308 e. The number of hydrogen-bond donors (Lipinski definition) is 1. The van der Waals surface area contributed by atoms with Crippen molar-refractivity contribution < 1.29 is 14.3 Å². The van der Waals surface area contributed by atoms with Gasteiger partial charge in [-0.1, -0.05) is 35.3 Å². The molecule has 2 aromatic carbocycles. The van der Waals surface area contributed by atoms with E-state index in [1.807, 2.05) is 30.5 Å². The van der Waals surface area contributed by atoms with Gasteiger partial charge in [-0.3, -0.25) is 19.7 Å². The fraction of sp³-hybridized carbons (Fsp3) is 0.267. The van der Waals surface area contributed by atoms with Gasteiger partial charge in [0.1, 0.15) is 11.8 Å². The van der Waals surface area contributed by atoms with Crippen LogP contribution in [-0.2, 0) is 16.1 Å². The zero-order chi connectivity index (χ0) is 28.2. The predicted molar refractivity (Wildman–Crippen MR) is 156 cm³/mol. The average molecular weight is 576 g/mol. The first-order chi connectivity index (χ1) is 19.4. The van der Waals surface area contributed by atoms with Gasteiger partial charge in [0, 0.05) is 36.0 Å². The minimum atomic E-state index is -0.115. The Morgan fingerprint density at radius 1 is 1.07 bits per heavy atom. The van der Waals surface area contributed by atoms with Gasteiger partial charge in [0.15, 0.2) is 0 Å². The van der Waals surface area contributed by atoms with Crippen LogP contribution in [0.5, 0.6) is 5.75 Å². The van der Waals surface area contributed by atoms with E-state index in [1.54, 1.807) is 12.1 Å². The molecule has 0 amide bonds. The molecule has 5 rings (SSSR count). The number of carbonyl (C=O) groups is 1. The first-order valence-corrected chi connectivity index (χ1v) is 13.5. The summed E-state index contributed by atoms with van der Waals surface area (Å²) in [5.41, 5.74) is 5.07. The van der Waals surface area contributed by atoms with E-state index in [4.69, 9.17) is 37.7 Å². The molecule has 0 saturated carbocycles. The quantitative estimate of drug-likeness (QED) is 0.245. The van der Waals surface area contributed by atoms with E-state index in [2.05, 4.69) is 27.3 Å². The molecule has 1 saturated heterocycles. The molecule has 0 radical (unpaired) electrons. The van der Waals surface area contributed by atoms with Crippen molar-refractivity contribution in [3.05, 3.63) is 76.0 Å². The fourth-order valence-corrected chi connectivity index (χ4v) is 5.44. The van der Waals surface area contributed by atoms with Crippen LogP contribution in [0.25, 0.3) is 22.2 Å². The number of methoxy groups -OCH3 is 2. The number of rotatable bonds is 7. The van der Waals surface area contributed by atoms with Gasteiger partial charge in [-0.05, 0) is 55.8 Å². The van der Waals surface area contributed by atoms with Gasteiger partial charge in [-0.15, -0.1) is 0 Å². The molecule has 1 aliphatic heterocycles. The van der Waals surface area contributed by atoms with Crippen molar-refractivity contribution in [3.8, 4) is 23.1 Å². The smallest absolute Gasteiger partial charge is 0.308 e. The number of nitrogens with one attached hydrogen (secondary N) is 1. The van der Waals surface area contributed by atoms with Gasteiger partial charge in [-0.2, -0.15) is 5.26 Å². The third-order valence-corrected chi connectivity index (χ3v) is 7.75. The number of piperidine rings is 1.